The molecule has 1 saturated carbocycles. The summed E-state index contributed by atoms with van der Waals surface area (Å²) in [7, 11) is 0. The zero-order chi connectivity index (χ0) is 9.46. The zero-order valence-electron chi connectivity index (χ0n) is 6.03. The summed E-state index contributed by atoms with van der Waals surface area (Å²) in [5, 5.41) is 44.5. The molecule has 1 aliphatic carbocycles. The topological polar surface area (TPSA) is 118 Å². The van der Waals surface area contributed by atoms with Crippen molar-refractivity contribution >= 4 is 5.78 Å². The van der Waals surface area contributed by atoms with Crippen LogP contribution >= 0.6 is 0 Å². The number of ketones is 1. The van der Waals surface area contributed by atoms with Crippen molar-refractivity contribution in [3.05, 3.63) is 0 Å². The molecule has 0 aromatic rings. The van der Waals surface area contributed by atoms with Crippen LogP contribution < -0.4 is 0 Å². The first-order chi connectivity index (χ1) is 5.46. The molecule has 0 bridgehead atoms. The molecular formula is C6H10O6. The molecule has 0 heterocycles. The Balaban J connectivity index is 2.83. The SMILES string of the molecule is O=C1C(O)C(O)[C@H](O)C(O)[C@@H]1O. The average Bonchev–Trinajstić information content (AvgIpc) is 2.08. The summed E-state index contributed by atoms with van der Waals surface area (Å²) in [6.45, 7) is 0. The zero-order valence-corrected chi connectivity index (χ0v) is 6.03. The minimum absolute atomic E-state index is 1.08. The number of Topliss-reactive ketones (excluding diaryl/α,β-unsaturated/α-hetero) is 1. The van der Waals surface area contributed by atoms with Crippen molar-refractivity contribution in [1.29, 1.82) is 0 Å². The van der Waals surface area contributed by atoms with Crippen molar-refractivity contribution in [2.75, 3.05) is 0 Å². The van der Waals surface area contributed by atoms with Crippen LogP contribution in [-0.4, -0.2) is 61.8 Å². The molecule has 0 amide bonds. The molecule has 0 saturated heterocycles. The first kappa shape index (κ1) is 9.56. The molecule has 1 fully saturated rings. The van der Waals surface area contributed by atoms with Crippen molar-refractivity contribution in [2.24, 2.45) is 0 Å². The lowest BCUT2D eigenvalue weighted by molar-refractivity contribution is -0.185. The van der Waals surface area contributed by atoms with Gasteiger partial charge in [-0.25, -0.2) is 0 Å². The van der Waals surface area contributed by atoms with E-state index in [4.69, 9.17) is 25.5 Å². The van der Waals surface area contributed by atoms with Gasteiger partial charge in [0.05, 0.1) is 0 Å². The Bertz CT molecular complexity index is 174. The fourth-order valence-corrected chi connectivity index (χ4v) is 1.09. The summed E-state index contributed by atoms with van der Waals surface area (Å²) in [6.07, 6.45) is -8.85. The maximum atomic E-state index is 10.8. The lowest BCUT2D eigenvalue weighted by atomic mass is 9.86. The van der Waals surface area contributed by atoms with Crippen LogP contribution in [0.15, 0.2) is 0 Å². The first-order valence-electron chi connectivity index (χ1n) is 3.41. The van der Waals surface area contributed by atoms with Gasteiger partial charge in [-0.05, 0) is 0 Å². The summed E-state index contributed by atoms with van der Waals surface area (Å²) in [6, 6.07) is 0. The molecule has 1 aliphatic rings. The summed E-state index contributed by atoms with van der Waals surface area (Å²) in [4.78, 5) is 10.8. The van der Waals surface area contributed by atoms with Gasteiger partial charge in [0.1, 0.15) is 30.5 Å². The van der Waals surface area contributed by atoms with E-state index in [1.54, 1.807) is 0 Å². The fraction of sp³-hybridized carbons (Fsp3) is 0.833. The lowest BCUT2D eigenvalue weighted by Crippen LogP contribution is -2.61. The number of hydrogen-bond acceptors (Lipinski definition) is 6. The predicted octanol–water partition coefficient (Wildman–Crippen LogP) is -3.63. The van der Waals surface area contributed by atoms with Crippen molar-refractivity contribution in [1.82, 2.24) is 0 Å². The number of hydrogen-bond donors (Lipinski definition) is 5. The monoisotopic (exact) mass is 178 g/mol. The van der Waals surface area contributed by atoms with E-state index < -0.39 is 36.3 Å². The number of carbonyl (C=O) groups is 1. The van der Waals surface area contributed by atoms with Gasteiger partial charge in [0.15, 0.2) is 5.78 Å². The first-order valence-corrected chi connectivity index (χ1v) is 3.41. The van der Waals surface area contributed by atoms with Gasteiger partial charge in [0, 0.05) is 0 Å². The minimum atomic E-state index is -1.83. The highest BCUT2D eigenvalue weighted by Crippen LogP contribution is 2.17. The summed E-state index contributed by atoms with van der Waals surface area (Å²) >= 11 is 0. The van der Waals surface area contributed by atoms with Gasteiger partial charge in [0.2, 0.25) is 0 Å². The highest BCUT2D eigenvalue weighted by Gasteiger charge is 2.47. The van der Waals surface area contributed by atoms with Crippen LogP contribution in [0.1, 0.15) is 0 Å². The molecule has 70 valence electrons. The standard InChI is InChI=1S/C6H10O6/c7-1-2(8)4(10)6(12)5(11)3(1)9/h1-5,7-11H/t1-,2?,3?,4+,5?/m1/s1. The maximum absolute atomic E-state index is 10.8. The van der Waals surface area contributed by atoms with Gasteiger partial charge in [0.25, 0.3) is 0 Å². The van der Waals surface area contributed by atoms with Gasteiger partial charge in [-0.15, -0.1) is 0 Å². The van der Waals surface area contributed by atoms with Crippen molar-refractivity contribution < 1.29 is 30.3 Å². The largest absolute Gasteiger partial charge is 0.387 e. The molecule has 5 N–H and O–H groups in total. The molecule has 0 spiro atoms. The summed E-state index contributed by atoms with van der Waals surface area (Å²) in [5.41, 5.74) is 0. The Labute approximate surface area is 67.7 Å². The predicted molar refractivity (Wildman–Crippen MR) is 35.0 cm³/mol. The van der Waals surface area contributed by atoms with E-state index in [1.807, 2.05) is 0 Å². The van der Waals surface area contributed by atoms with Gasteiger partial charge < -0.3 is 25.5 Å². The highest BCUT2D eigenvalue weighted by molar-refractivity contribution is 5.89. The van der Waals surface area contributed by atoms with Crippen LogP contribution in [0, 0.1) is 0 Å². The molecule has 12 heavy (non-hydrogen) atoms. The van der Waals surface area contributed by atoms with E-state index in [9.17, 15) is 4.79 Å². The van der Waals surface area contributed by atoms with Crippen LogP contribution in [0.25, 0.3) is 0 Å². The minimum Gasteiger partial charge on any atom is -0.387 e. The molecule has 0 aromatic carbocycles. The van der Waals surface area contributed by atoms with Gasteiger partial charge >= 0.3 is 0 Å². The lowest BCUT2D eigenvalue weighted by Gasteiger charge is -2.34. The van der Waals surface area contributed by atoms with Crippen LogP contribution in [-0.2, 0) is 4.79 Å². The molecule has 0 aliphatic heterocycles. The quantitative estimate of drug-likeness (QED) is 0.261. The number of aliphatic hydroxyl groups excluding tert-OH is 5. The van der Waals surface area contributed by atoms with E-state index in [0.717, 1.165) is 0 Å². The van der Waals surface area contributed by atoms with Crippen LogP contribution in [0.2, 0.25) is 0 Å². The van der Waals surface area contributed by atoms with E-state index >= 15 is 0 Å². The van der Waals surface area contributed by atoms with E-state index in [2.05, 4.69) is 0 Å². The second-order valence-corrected chi connectivity index (χ2v) is 2.76. The number of aliphatic hydroxyl groups is 5. The van der Waals surface area contributed by atoms with Gasteiger partial charge in [-0.3, -0.25) is 4.79 Å². The second-order valence-electron chi connectivity index (χ2n) is 2.76. The molecule has 3 unspecified atom stereocenters. The van der Waals surface area contributed by atoms with Crippen molar-refractivity contribution in [2.45, 2.75) is 30.5 Å². The Morgan fingerprint density at radius 3 is 1.42 bits per heavy atom. The normalized spacial score (nSPS) is 49.4. The molecule has 6 heteroatoms. The third kappa shape index (κ3) is 1.23. The molecular weight excluding hydrogens is 168 g/mol. The van der Waals surface area contributed by atoms with E-state index in [-0.39, 0.29) is 0 Å². The summed E-state index contributed by atoms with van der Waals surface area (Å²) in [5.74, 6) is -1.08. The molecule has 1 rings (SSSR count). The van der Waals surface area contributed by atoms with E-state index in [0.29, 0.717) is 0 Å². The Morgan fingerprint density at radius 2 is 1.08 bits per heavy atom. The smallest absolute Gasteiger partial charge is 0.195 e. The second kappa shape index (κ2) is 3.08. The molecule has 0 aromatic heterocycles. The third-order valence-electron chi connectivity index (χ3n) is 1.93. The van der Waals surface area contributed by atoms with E-state index in [1.165, 1.54) is 0 Å². The van der Waals surface area contributed by atoms with Gasteiger partial charge in [-0.2, -0.15) is 0 Å². The van der Waals surface area contributed by atoms with Gasteiger partial charge in [-0.1, -0.05) is 0 Å². The van der Waals surface area contributed by atoms with Crippen LogP contribution in [0.3, 0.4) is 0 Å². The molecule has 5 atom stereocenters. The van der Waals surface area contributed by atoms with Crippen LogP contribution in [0.5, 0.6) is 0 Å². The van der Waals surface area contributed by atoms with Crippen LogP contribution in [0.4, 0.5) is 0 Å². The Morgan fingerprint density at radius 1 is 0.750 bits per heavy atom. The molecule has 0 radical (unpaired) electrons. The average molecular weight is 178 g/mol. The Kier molecular flexibility index (Phi) is 2.45. The highest BCUT2D eigenvalue weighted by atomic mass is 16.4. The molecule has 6 nitrogen and oxygen atoms in total. The third-order valence-corrected chi connectivity index (χ3v) is 1.93. The van der Waals surface area contributed by atoms with Crippen molar-refractivity contribution in [3.63, 3.8) is 0 Å². The number of carbonyl (C=O) groups excluding carboxylic acids is 1. The van der Waals surface area contributed by atoms with Crippen molar-refractivity contribution in [3.8, 4) is 0 Å². The number of rotatable bonds is 0. The fourth-order valence-electron chi connectivity index (χ4n) is 1.09. The summed E-state index contributed by atoms with van der Waals surface area (Å²) < 4.78 is 0. The maximum Gasteiger partial charge on any atom is 0.195 e. The Hall–Kier alpha value is -0.530.